The second-order valence-electron chi connectivity index (χ2n) is 5.93. The van der Waals surface area contributed by atoms with Crippen LogP contribution in [0.15, 0.2) is 24.3 Å². The third-order valence-electron chi connectivity index (χ3n) is 4.54. The lowest BCUT2D eigenvalue weighted by molar-refractivity contribution is -0.143. The van der Waals surface area contributed by atoms with Crippen molar-refractivity contribution in [1.82, 2.24) is 4.90 Å². The Balaban J connectivity index is 2.19. The number of nitriles is 1. The number of benzene rings is 1. The summed E-state index contributed by atoms with van der Waals surface area (Å²) < 4.78 is 4.96. The van der Waals surface area contributed by atoms with Crippen molar-refractivity contribution in [3.8, 4) is 6.07 Å². The molecule has 0 bridgehead atoms. The average Bonchev–Trinajstić information content (AvgIpc) is 2.60. The molecule has 1 aromatic rings. The molecular weight excluding hydrogens is 308 g/mol. The molecule has 1 aliphatic heterocycles. The molecule has 1 amide bonds. The molecule has 24 heavy (non-hydrogen) atoms. The molecule has 2 rings (SSSR count). The van der Waals surface area contributed by atoms with Crippen LogP contribution in [0, 0.1) is 11.3 Å². The van der Waals surface area contributed by atoms with E-state index in [4.69, 9.17) is 9.84 Å². The normalized spacial score (nSPS) is 16.2. The molecule has 1 N–H and O–H groups in total. The maximum Gasteiger partial charge on any atom is 0.407 e. The van der Waals surface area contributed by atoms with Crippen molar-refractivity contribution in [2.45, 2.75) is 38.0 Å². The standard InChI is InChI=1S/C18H22N2O4/c1-2-24-16(21)8-7-14-5-3-4-6-15(14)18(13-19)9-11-20(12-10-18)17(22)23/h3-6H,2,7-12H2,1H3,(H,22,23). The maximum absolute atomic E-state index is 11.6. The number of carbonyl (C=O) groups excluding carboxylic acids is 1. The van der Waals surface area contributed by atoms with Crippen LogP contribution in [0.3, 0.4) is 0 Å². The number of hydrogen-bond donors (Lipinski definition) is 1. The third-order valence-corrected chi connectivity index (χ3v) is 4.54. The monoisotopic (exact) mass is 330 g/mol. The molecule has 1 aliphatic rings. The molecule has 0 radical (unpaired) electrons. The minimum atomic E-state index is -0.947. The lowest BCUT2D eigenvalue weighted by Gasteiger charge is -2.37. The van der Waals surface area contributed by atoms with Gasteiger partial charge in [-0.15, -0.1) is 0 Å². The summed E-state index contributed by atoms with van der Waals surface area (Å²) in [6.45, 7) is 2.81. The summed E-state index contributed by atoms with van der Waals surface area (Å²) in [4.78, 5) is 24.0. The highest BCUT2D eigenvalue weighted by Crippen LogP contribution is 2.37. The zero-order chi connectivity index (χ0) is 17.6. The number of amides is 1. The minimum Gasteiger partial charge on any atom is -0.466 e. The van der Waals surface area contributed by atoms with Gasteiger partial charge in [-0.1, -0.05) is 24.3 Å². The lowest BCUT2D eigenvalue weighted by Crippen LogP contribution is -2.44. The van der Waals surface area contributed by atoms with Gasteiger partial charge in [0.15, 0.2) is 0 Å². The van der Waals surface area contributed by atoms with Gasteiger partial charge in [-0.3, -0.25) is 4.79 Å². The second kappa shape index (κ2) is 7.82. The molecule has 0 saturated carbocycles. The van der Waals surface area contributed by atoms with Crippen LogP contribution in [0.1, 0.15) is 37.3 Å². The number of rotatable bonds is 5. The van der Waals surface area contributed by atoms with Gasteiger partial charge in [-0.05, 0) is 37.3 Å². The summed E-state index contributed by atoms with van der Waals surface area (Å²) in [5.74, 6) is -0.251. The first kappa shape index (κ1) is 17.8. The van der Waals surface area contributed by atoms with Crippen molar-refractivity contribution in [1.29, 1.82) is 5.26 Å². The van der Waals surface area contributed by atoms with Crippen LogP contribution < -0.4 is 0 Å². The quantitative estimate of drug-likeness (QED) is 0.838. The number of carboxylic acid groups (broad SMARTS) is 1. The van der Waals surface area contributed by atoms with Gasteiger partial charge in [0.1, 0.15) is 0 Å². The number of likely N-dealkylation sites (tertiary alicyclic amines) is 1. The zero-order valence-corrected chi connectivity index (χ0v) is 13.8. The third kappa shape index (κ3) is 3.85. The van der Waals surface area contributed by atoms with Crippen LogP contribution in [0.4, 0.5) is 4.79 Å². The smallest absolute Gasteiger partial charge is 0.407 e. The molecule has 6 nitrogen and oxygen atoms in total. The van der Waals surface area contributed by atoms with Crippen molar-refractivity contribution in [2.24, 2.45) is 0 Å². The molecular formula is C18H22N2O4. The van der Waals surface area contributed by atoms with E-state index < -0.39 is 11.5 Å². The molecule has 6 heteroatoms. The Morgan fingerprint density at radius 1 is 1.33 bits per heavy atom. The van der Waals surface area contributed by atoms with Gasteiger partial charge in [0, 0.05) is 19.5 Å². The Hall–Kier alpha value is -2.55. The largest absolute Gasteiger partial charge is 0.466 e. The molecule has 0 atom stereocenters. The summed E-state index contributed by atoms with van der Waals surface area (Å²) >= 11 is 0. The van der Waals surface area contributed by atoms with Crippen LogP contribution in [-0.2, 0) is 21.4 Å². The Bertz CT molecular complexity index is 643. The highest BCUT2D eigenvalue weighted by molar-refractivity contribution is 5.69. The van der Waals surface area contributed by atoms with E-state index in [2.05, 4.69) is 6.07 Å². The van der Waals surface area contributed by atoms with Crippen LogP contribution in [-0.4, -0.2) is 41.8 Å². The number of esters is 1. The Kier molecular flexibility index (Phi) is 5.80. The van der Waals surface area contributed by atoms with E-state index in [9.17, 15) is 14.9 Å². The molecule has 0 unspecified atom stereocenters. The van der Waals surface area contributed by atoms with Crippen molar-refractivity contribution in [3.63, 3.8) is 0 Å². The fourth-order valence-electron chi connectivity index (χ4n) is 3.20. The second-order valence-corrected chi connectivity index (χ2v) is 5.93. The molecule has 0 aromatic heterocycles. The number of carbonyl (C=O) groups is 2. The SMILES string of the molecule is CCOC(=O)CCc1ccccc1C1(C#N)CCN(C(=O)O)CC1. The molecule has 128 valence electrons. The molecule has 0 spiro atoms. The number of aryl methyl sites for hydroxylation is 1. The van der Waals surface area contributed by atoms with Gasteiger partial charge in [-0.2, -0.15) is 5.26 Å². The molecule has 1 saturated heterocycles. The highest BCUT2D eigenvalue weighted by Gasteiger charge is 2.39. The number of piperidine rings is 1. The Morgan fingerprint density at radius 2 is 2.00 bits per heavy atom. The molecule has 0 aliphatic carbocycles. The molecule has 1 aromatic carbocycles. The Labute approximate surface area is 141 Å². The van der Waals surface area contributed by atoms with Crippen LogP contribution in [0.2, 0.25) is 0 Å². The highest BCUT2D eigenvalue weighted by atomic mass is 16.5. The first-order valence-electron chi connectivity index (χ1n) is 8.15. The van der Waals surface area contributed by atoms with Gasteiger partial charge in [0.2, 0.25) is 0 Å². The summed E-state index contributed by atoms with van der Waals surface area (Å²) in [5, 5.41) is 18.9. The minimum absolute atomic E-state index is 0.251. The van der Waals surface area contributed by atoms with Crippen LogP contribution in [0.5, 0.6) is 0 Å². The van der Waals surface area contributed by atoms with Gasteiger partial charge in [0.25, 0.3) is 0 Å². The van der Waals surface area contributed by atoms with E-state index in [0.29, 0.717) is 39.0 Å². The lowest BCUT2D eigenvalue weighted by atomic mass is 9.72. The van der Waals surface area contributed by atoms with Crippen molar-refractivity contribution in [2.75, 3.05) is 19.7 Å². The topological polar surface area (TPSA) is 90.6 Å². The Morgan fingerprint density at radius 3 is 2.58 bits per heavy atom. The number of nitrogens with zero attached hydrogens (tertiary/aromatic N) is 2. The van der Waals surface area contributed by atoms with Gasteiger partial charge >= 0.3 is 12.1 Å². The van der Waals surface area contributed by atoms with E-state index in [1.807, 2.05) is 24.3 Å². The average molecular weight is 330 g/mol. The molecule has 1 fully saturated rings. The fraction of sp³-hybridized carbons (Fsp3) is 0.500. The summed E-state index contributed by atoms with van der Waals surface area (Å²) in [6.07, 6.45) is 0.768. The van der Waals surface area contributed by atoms with E-state index in [0.717, 1.165) is 11.1 Å². The van der Waals surface area contributed by atoms with E-state index in [1.165, 1.54) is 4.90 Å². The maximum atomic E-state index is 11.6. The van der Waals surface area contributed by atoms with Crippen molar-refractivity contribution >= 4 is 12.1 Å². The van der Waals surface area contributed by atoms with Gasteiger partial charge in [0.05, 0.1) is 18.1 Å². The van der Waals surface area contributed by atoms with Gasteiger partial charge in [-0.25, -0.2) is 4.79 Å². The van der Waals surface area contributed by atoms with Crippen molar-refractivity contribution < 1.29 is 19.4 Å². The van der Waals surface area contributed by atoms with E-state index in [-0.39, 0.29) is 12.4 Å². The van der Waals surface area contributed by atoms with Crippen molar-refractivity contribution in [3.05, 3.63) is 35.4 Å². The summed E-state index contributed by atoms with van der Waals surface area (Å²) in [6, 6.07) is 10.0. The summed E-state index contributed by atoms with van der Waals surface area (Å²) in [5.41, 5.74) is 1.16. The van der Waals surface area contributed by atoms with E-state index >= 15 is 0 Å². The van der Waals surface area contributed by atoms with Crippen LogP contribution in [0.25, 0.3) is 0 Å². The van der Waals surface area contributed by atoms with Crippen LogP contribution >= 0.6 is 0 Å². The molecule has 1 heterocycles. The van der Waals surface area contributed by atoms with Gasteiger partial charge < -0.3 is 14.7 Å². The van der Waals surface area contributed by atoms with E-state index in [1.54, 1.807) is 6.92 Å². The summed E-state index contributed by atoms with van der Waals surface area (Å²) in [7, 11) is 0. The zero-order valence-electron chi connectivity index (χ0n) is 13.8. The number of ether oxygens (including phenoxy) is 1. The predicted octanol–water partition coefficient (Wildman–Crippen LogP) is 2.72. The predicted molar refractivity (Wildman–Crippen MR) is 87.5 cm³/mol. The fourth-order valence-corrected chi connectivity index (χ4v) is 3.20. The first-order chi connectivity index (χ1) is 11.5. The number of hydrogen-bond acceptors (Lipinski definition) is 4. The first-order valence-corrected chi connectivity index (χ1v) is 8.15.